The van der Waals surface area contributed by atoms with E-state index in [2.05, 4.69) is 115 Å². The molecule has 13 nitrogen and oxygen atoms in total. The Bertz CT molecular complexity index is 2850. The van der Waals surface area contributed by atoms with Gasteiger partial charge in [-0.1, -0.05) is 112 Å². The van der Waals surface area contributed by atoms with Crippen LogP contribution in [0.1, 0.15) is 77.8 Å². The molecule has 15 heteroatoms. The number of imidazole rings is 1. The molecule has 0 spiro atoms. The molecule has 71 heavy (non-hydrogen) atoms. The van der Waals surface area contributed by atoms with Gasteiger partial charge in [-0.2, -0.15) is 5.26 Å². The van der Waals surface area contributed by atoms with E-state index in [4.69, 9.17) is 47.4 Å². The summed E-state index contributed by atoms with van der Waals surface area (Å²) in [4.78, 5) is 14.7. The van der Waals surface area contributed by atoms with Gasteiger partial charge in [-0.15, -0.1) is 0 Å². The Morgan fingerprint density at radius 3 is 1.96 bits per heavy atom. The molecular weight excluding hydrogens is 928 g/mol. The second kappa shape index (κ2) is 22.0. The van der Waals surface area contributed by atoms with Crippen LogP contribution in [0.2, 0.25) is 18.1 Å². The summed E-state index contributed by atoms with van der Waals surface area (Å²) in [5.74, 6) is 1.44. The van der Waals surface area contributed by atoms with Crippen LogP contribution < -0.4 is 9.47 Å². The third-order valence-electron chi connectivity index (χ3n) is 13.7. The number of nitrogens with zero attached hydrogens (tertiary/aromatic N) is 6. The molecule has 0 saturated carbocycles. The van der Waals surface area contributed by atoms with E-state index in [1.165, 1.54) is 0 Å². The highest BCUT2D eigenvalue weighted by atomic mass is 31.2. The van der Waals surface area contributed by atoms with Crippen LogP contribution >= 0.6 is 8.53 Å². The van der Waals surface area contributed by atoms with Crippen LogP contribution in [0.25, 0.3) is 33.2 Å². The fraction of sp³-hybridized carbons (Fsp3) is 0.393. The maximum Gasteiger partial charge on any atom is 0.259 e. The average Bonchev–Trinajstić information content (AvgIpc) is 3.94. The third-order valence-corrected chi connectivity index (χ3v) is 20.3. The van der Waals surface area contributed by atoms with Crippen molar-refractivity contribution < 1.29 is 32.4 Å². The molecule has 7 aromatic rings. The molecule has 5 atom stereocenters. The SMILES string of the molecule is COc1ccc(C(OC[C@H]2O[C@@H](n3cnc4c(-c5ccc6ccccc6c5)ncnc43)[C@H](O[Si](C)(C)C(C)(C)C)[C@@H]2OP(OCCC#N)N(C(C)C)C(C)C)(c2ccccc2)c2ccc(OC)cc2)cc1. The monoisotopic (exact) mass is 994 g/mol. The van der Waals surface area contributed by atoms with E-state index in [9.17, 15) is 5.26 Å². The van der Waals surface area contributed by atoms with Gasteiger partial charge in [-0.3, -0.25) is 4.57 Å². The van der Waals surface area contributed by atoms with E-state index in [0.717, 1.165) is 44.5 Å². The fourth-order valence-corrected chi connectivity index (χ4v) is 12.2. The van der Waals surface area contributed by atoms with Crippen LogP contribution in [0.15, 0.2) is 134 Å². The first-order chi connectivity index (χ1) is 34.1. The molecule has 0 bridgehead atoms. The standard InChI is InChI=1S/C56H67N6O7PSi/c1-38(2)62(39(3)4)70(66-33-17-32-57)68-51-48(35-65-56(43-20-13-12-14-21-43,44-24-28-46(63-8)29-25-44)45-26-30-47(64-9)31-27-45)67-54(52(51)69-71(10,11)55(5,6)7)61-37-60-50-49(58-36-59-53(50)61)42-23-22-40-18-15-16-19-41(40)34-42/h12-16,18-31,34,36-39,48,51-52,54H,17,33,35H2,1-11H3/t48-,51-,52-,54-,70?/m1/s1. The molecule has 1 unspecified atom stereocenters. The Labute approximate surface area is 421 Å². The van der Waals surface area contributed by atoms with Crippen molar-refractivity contribution in [1.82, 2.24) is 24.2 Å². The number of ether oxygens (including phenoxy) is 4. The van der Waals surface area contributed by atoms with Crippen molar-refractivity contribution in [1.29, 1.82) is 5.26 Å². The lowest BCUT2D eigenvalue weighted by Crippen LogP contribution is -2.50. The predicted molar refractivity (Wildman–Crippen MR) is 283 cm³/mol. The molecule has 1 saturated heterocycles. The van der Waals surface area contributed by atoms with E-state index in [0.29, 0.717) is 16.9 Å². The number of hydrogen-bond acceptors (Lipinski definition) is 12. The first kappa shape index (κ1) is 51.8. The summed E-state index contributed by atoms with van der Waals surface area (Å²) in [5.41, 5.74) is 4.34. The second-order valence-electron chi connectivity index (χ2n) is 19.9. The molecule has 0 aliphatic carbocycles. The van der Waals surface area contributed by atoms with Gasteiger partial charge in [0.2, 0.25) is 0 Å². The molecule has 1 fully saturated rings. The normalized spacial score (nSPS) is 18.2. The van der Waals surface area contributed by atoms with Crippen molar-refractivity contribution in [2.24, 2.45) is 0 Å². The zero-order valence-electron chi connectivity index (χ0n) is 42.8. The third kappa shape index (κ3) is 10.8. The maximum atomic E-state index is 9.70. The Balaban J connectivity index is 1.31. The number of benzene rings is 5. The summed E-state index contributed by atoms with van der Waals surface area (Å²) < 4.78 is 52.4. The smallest absolute Gasteiger partial charge is 0.259 e. The van der Waals surface area contributed by atoms with Crippen LogP contribution in [-0.4, -0.2) is 90.3 Å². The van der Waals surface area contributed by atoms with Crippen molar-refractivity contribution in [3.63, 3.8) is 0 Å². The van der Waals surface area contributed by atoms with Gasteiger partial charge < -0.3 is 32.4 Å². The lowest BCUT2D eigenvalue weighted by Gasteiger charge is -2.42. The first-order valence-electron chi connectivity index (χ1n) is 24.3. The summed E-state index contributed by atoms with van der Waals surface area (Å²) in [7, 11) is -1.09. The summed E-state index contributed by atoms with van der Waals surface area (Å²) >= 11 is 0. The largest absolute Gasteiger partial charge is 0.497 e. The van der Waals surface area contributed by atoms with Crippen molar-refractivity contribution in [2.75, 3.05) is 27.4 Å². The number of nitriles is 1. The second-order valence-corrected chi connectivity index (χ2v) is 26.1. The molecule has 1 aliphatic rings. The molecular formula is C56H67N6O7PSi. The molecule has 5 aromatic carbocycles. The minimum absolute atomic E-state index is 0.0365. The summed E-state index contributed by atoms with van der Waals surface area (Å²) in [6.45, 7) is 19.9. The van der Waals surface area contributed by atoms with Gasteiger partial charge >= 0.3 is 0 Å². The van der Waals surface area contributed by atoms with Crippen LogP contribution in [0, 0.1) is 11.3 Å². The highest BCUT2D eigenvalue weighted by Gasteiger charge is 2.54. The number of hydrogen-bond donors (Lipinski definition) is 0. The van der Waals surface area contributed by atoms with Crippen molar-refractivity contribution in [3.8, 4) is 28.8 Å². The molecule has 2 aromatic heterocycles. The Morgan fingerprint density at radius 1 is 0.761 bits per heavy atom. The number of fused-ring (bicyclic) bond motifs is 2. The fourth-order valence-electron chi connectivity index (χ4n) is 9.10. The van der Waals surface area contributed by atoms with Crippen molar-refractivity contribution in [2.45, 2.75) is 115 Å². The van der Waals surface area contributed by atoms with E-state index in [-0.39, 0.29) is 36.8 Å². The van der Waals surface area contributed by atoms with Crippen molar-refractivity contribution in [3.05, 3.63) is 151 Å². The minimum atomic E-state index is -2.62. The Morgan fingerprint density at radius 2 is 1.37 bits per heavy atom. The van der Waals surface area contributed by atoms with Gasteiger partial charge in [0.15, 0.2) is 20.2 Å². The zero-order valence-corrected chi connectivity index (χ0v) is 44.7. The zero-order chi connectivity index (χ0) is 50.5. The molecule has 8 rings (SSSR count). The molecule has 3 heterocycles. The summed E-state index contributed by atoms with van der Waals surface area (Å²) in [6, 6.07) is 43.1. The predicted octanol–water partition coefficient (Wildman–Crippen LogP) is 12.6. The van der Waals surface area contributed by atoms with E-state index < -0.39 is 47.0 Å². The van der Waals surface area contributed by atoms with Gasteiger partial charge in [0.05, 0.1) is 46.3 Å². The van der Waals surface area contributed by atoms with Crippen LogP contribution in [0.5, 0.6) is 11.5 Å². The van der Waals surface area contributed by atoms with E-state index in [1.807, 2.05) is 83.4 Å². The highest BCUT2D eigenvalue weighted by Crippen LogP contribution is 2.53. The number of methoxy groups -OCH3 is 2. The Kier molecular flexibility index (Phi) is 16.1. The Hall–Kier alpha value is -5.59. The molecule has 1 aliphatic heterocycles. The molecule has 0 radical (unpaired) electrons. The van der Waals surface area contributed by atoms with E-state index in [1.54, 1.807) is 26.9 Å². The summed E-state index contributed by atoms with van der Waals surface area (Å²) in [6.07, 6.45) is 0.557. The lowest BCUT2D eigenvalue weighted by atomic mass is 9.80. The lowest BCUT2D eigenvalue weighted by molar-refractivity contribution is -0.0926. The maximum absolute atomic E-state index is 9.70. The van der Waals surface area contributed by atoms with Gasteiger partial charge in [-0.25, -0.2) is 19.6 Å². The molecule has 0 amide bonds. The quantitative estimate of drug-likeness (QED) is 0.0311. The van der Waals surface area contributed by atoms with Gasteiger partial charge in [0.1, 0.15) is 52.9 Å². The topological polar surface area (TPSA) is 135 Å². The highest BCUT2D eigenvalue weighted by molar-refractivity contribution is 7.44. The first-order valence-corrected chi connectivity index (χ1v) is 28.4. The van der Waals surface area contributed by atoms with E-state index >= 15 is 0 Å². The van der Waals surface area contributed by atoms with Crippen LogP contribution in [0.3, 0.4) is 0 Å². The average molecular weight is 995 g/mol. The number of rotatable bonds is 20. The van der Waals surface area contributed by atoms with Crippen LogP contribution in [-0.2, 0) is 28.5 Å². The minimum Gasteiger partial charge on any atom is -0.497 e. The molecule has 372 valence electrons. The van der Waals surface area contributed by atoms with Crippen LogP contribution in [0.4, 0.5) is 0 Å². The molecule has 0 N–H and O–H groups in total. The van der Waals surface area contributed by atoms with Crippen molar-refractivity contribution >= 4 is 38.8 Å². The van der Waals surface area contributed by atoms with Gasteiger partial charge in [0, 0.05) is 17.6 Å². The van der Waals surface area contributed by atoms with Gasteiger partial charge in [0.25, 0.3) is 8.53 Å². The summed E-state index contributed by atoms with van der Waals surface area (Å²) in [5, 5.41) is 11.7. The number of aromatic nitrogens is 4. The van der Waals surface area contributed by atoms with Gasteiger partial charge in [-0.05, 0) is 104 Å².